The number of hydrogen-bond acceptors (Lipinski definition) is 9. The highest BCUT2D eigenvalue weighted by Gasteiger charge is 2.35. The molecular weight excluding hydrogens is 650 g/mol. The number of amides is 5. The van der Waals surface area contributed by atoms with Crippen LogP contribution < -0.4 is 32.7 Å². The SMILES string of the molecule is CC[C@H](C)[C@H](NC(=O)[C@H](Cc1c[nH]c2ccccc12)NC(=O)[C@H](Cc1ccc(O)cc1)NC(=O)[C@@H](N)[C@@H](C)O)C(=O)N[C@@H](CC(N)=O)C(=O)O. The van der Waals surface area contributed by atoms with Crippen molar-refractivity contribution in [2.24, 2.45) is 17.4 Å². The Morgan fingerprint density at radius 2 is 1.38 bits per heavy atom. The van der Waals surface area contributed by atoms with Crippen LogP contribution >= 0.6 is 0 Å². The molecule has 7 atom stereocenters. The number of aliphatic hydroxyl groups is 1. The fourth-order valence-electron chi connectivity index (χ4n) is 5.18. The summed E-state index contributed by atoms with van der Waals surface area (Å²) < 4.78 is 0. The number of carbonyl (C=O) groups excluding carboxylic acids is 5. The number of fused-ring (bicyclic) bond motifs is 1. The summed E-state index contributed by atoms with van der Waals surface area (Å²) in [5.41, 5.74) is 12.9. The number of carboxylic acid groups (broad SMARTS) is 1. The maximum Gasteiger partial charge on any atom is 0.326 e. The van der Waals surface area contributed by atoms with Crippen LogP contribution in [0.15, 0.2) is 54.7 Å². The van der Waals surface area contributed by atoms with Gasteiger partial charge in [-0.1, -0.05) is 50.6 Å². The number of carbonyl (C=O) groups is 6. The monoisotopic (exact) mass is 695 g/mol. The van der Waals surface area contributed by atoms with E-state index >= 15 is 0 Å². The Morgan fingerprint density at radius 3 is 1.98 bits per heavy atom. The zero-order chi connectivity index (χ0) is 37.1. The predicted octanol–water partition coefficient (Wildman–Crippen LogP) is -0.688. The smallest absolute Gasteiger partial charge is 0.326 e. The normalized spacial score (nSPS) is 15.4. The Labute approximate surface area is 288 Å². The Hall–Kier alpha value is -5.48. The molecule has 12 N–H and O–H groups in total. The minimum absolute atomic E-state index is 0.0189. The molecule has 3 rings (SSSR count). The summed E-state index contributed by atoms with van der Waals surface area (Å²) in [4.78, 5) is 80.5. The predicted molar refractivity (Wildman–Crippen MR) is 182 cm³/mol. The molecule has 0 unspecified atom stereocenters. The second-order valence-corrected chi connectivity index (χ2v) is 12.3. The molecule has 0 radical (unpaired) electrons. The number of aliphatic hydroxyl groups excluding tert-OH is 1. The second kappa shape index (κ2) is 17.8. The molecule has 0 fully saturated rings. The first-order valence-corrected chi connectivity index (χ1v) is 16.1. The lowest BCUT2D eigenvalue weighted by Crippen LogP contribution is -2.60. The van der Waals surface area contributed by atoms with Gasteiger partial charge in [-0.05, 0) is 42.2 Å². The van der Waals surface area contributed by atoms with Crippen LogP contribution in [0, 0.1) is 5.92 Å². The number of aliphatic carboxylic acids is 1. The number of H-pyrrole nitrogens is 1. The Kier molecular flexibility index (Phi) is 13.9. The number of aromatic hydroxyl groups is 1. The van der Waals surface area contributed by atoms with E-state index in [2.05, 4.69) is 26.3 Å². The standard InChI is InChI=1S/C34H45N7O9/c1-4-17(2)29(33(48)40-26(34(49)50)15-27(35)44)41-31(46)25(14-20-16-37-23-8-6-5-7-22(20)23)38-30(45)24(39-32(47)28(36)18(3)42)13-19-9-11-21(43)12-10-19/h5-12,16-18,24-26,28-29,37,42-43H,4,13-15,36H2,1-3H3,(H2,35,44)(H,38,45)(H,39,47)(H,40,48)(H,41,46)(H,49,50)/t17-,18+,24-,25-,26-,28-,29-/m0/s1. The lowest BCUT2D eigenvalue weighted by molar-refractivity contribution is -0.144. The van der Waals surface area contributed by atoms with Gasteiger partial charge in [0, 0.05) is 29.9 Å². The van der Waals surface area contributed by atoms with Crippen LogP contribution in [0.3, 0.4) is 0 Å². The van der Waals surface area contributed by atoms with Crippen molar-refractivity contribution in [3.63, 3.8) is 0 Å². The van der Waals surface area contributed by atoms with Gasteiger partial charge in [0.25, 0.3) is 0 Å². The molecule has 0 aliphatic heterocycles. The second-order valence-electron chi connectivity index (χ2n) is 12.3. The zero-order valence-electron chi connectivity index (χ0n) is 28.0. The number of benzene rings is 2. The molecule has 16 nitrogen and oxygen atoms in total. The summed E-state index contributed by atoms with van der Waals surface area (Å²) in [6.45, 7) is 4.74. The van der Waals surface area contributed by atoms with Crippen LogP contribution in [-0.2, 0) is 41.6 Å². The van der Waals surface area contributed by atoms with E-state index in [0.717, 1.165) is 10.9 Å². The number of nitrogens with two attached hydrogens (primary N) is 2. The molecule has 16 heteroatoms. The van der Waals surface area contributed by atoms with Crippen molar-refractivity contribution in [2.75, 3.05) is 0 Å². The van der Waals surface area contributed by atoms with Crippen molar-refractivity contribution >= 4 is 46.4 Å². The highest BCUT2D eigenvalue weighted by atomic mass is 16.4. The van der Waals surface area contributed by atoms with E-state index in [1.54, 1.807) is 38.2 Å². The molecule has 50 heavy (non-hydrogen) atoms. The molecule has 1 heterocycles. The topological polar surface area (TPSA) is 279 Å². The van der Waals surface area contributed by atoms with Gasteiger partial charge in [-0.2, -0.15) is 0 Å². The van der Waals surface area contributed by atoms with Crippen LogP contribution in [0.25, 0.3) is 10.9 Å². The van der Waals surface area contributed by atoms with E-state index in [4.69, 9.17) is 11.5 Å². The summed E-state index contributed by atoms with van der Waals surface area (Å²) >= 11 is 0. The first kappa shape index (κ1) is 39.0. The number of hydrogen-bond donors (Lipinski definition) is 10. The molecule has 5 amide bonds. The van der Waals surface area contributed by atoms with Crippen LogP contribution in [0.1, 0.15) is 44.7 Å². The third-order valence-electron chi connectivity index (χ3n) is 8.38. The number of carboxylic acids is 1. The van der Waals surface area contributed by atoms with Gasteiger partial charge in [0.1, 0.15) is 36.0 Å². The van der Waals surface area contributed by atoms with Gasteiger partial charge < -0.3 is 53.0 Å². The van der Waals surface area contributed by atoms with Crippen molar-refractivity contribution < 1.29 is 44.1 Å². The molecule has 0 saturated carbocycles. The first-order chi connectivity index (χ1) is 23.6. The average Bonchev–Trinajstić information content (AvgIpc) is 3.48. The van der Waals surface area contributed by atoms with E-state index < -0.39 is 84.2 Å². The number of rotatable bonds is 18. The molecule has 0 spiro atoms. The van der Waals surface area contributed by atoms with E-state index in [9.17, 15) is 44.1 Å². The van der Waals surface area contributed by atoms with Gasteiger partial charge in [0.15, 0.2) is 0 Å². The van der Waals surface area contributed by atoms with Crippen LogP contribution in [-0.4, -0.2) is 92.1 Å². The Morgan fingerprint density at radius 1 is 0.800 bits per heavy atom. The van der Waals surface area contributed by atoms with Gasteiger partial charge in [-0.25, -0.2) is 4.79 Å². The number of nitrogens with one attached hydrogen (secondary N) is 5. The van der Waals surface area contributed by atoms with Gasteiger partial charge in [-0.15, -0.1) is 0 Å². The van der Waals surface area contributed by atoms with Crippen LogP contribution in [0.4, 0.5) is 0 Å². The summed E-state index contributed by atoms with van der Waals surface area (Å²) in [7, 11) is 0. The van der Waals surface area contributed by atoms with Crippen molar-refractivity contribution in [3.8, 4) is 5.75 Å². The summed E-state index contributed by atoms with van der Waals surface area (Å²) in [5.74, 6) is -6.26. The largest absolute Gasteiger partial charge is 0.508 e. The average molecular weight is 696 g/mol. The minimum Gasteiger partial charge on any atom is -0.508 e. The third kappa shape index (κ3) is 10.8. The molecule has 1 aromatic heterocycles. The molecule has 270 valence electrons. The number of phenolic OH excluding ortho intramolecular Hbond substituents is 1. The highest BCUT2D eigenvalue weighted by Crippen LogP contribution is 2.20. The molecule has 0 bridgehead atoms. The summed E-state index contributed by atoms with van der Waals surface area (Å²) in [6.07, 6.45) is 0.00179. The maximum absolute atomic E-state index is 14.0. The lowest BCUT2D eigenvalue weighted by atomic mass is 9.96. The zero-order valence-corrected chi connectivity index (χ0v) is 28.0. The number of aromatic nitrogens is 1. The van der Waals surface area contributed by atoms with E-state index in [-0.39, 0.29) is 18.6 Å². The Balaban J connectivity index is 1.97. The van der Waals surface area contributed by atoms with Crippen molar-refractivity contribution in [1.29, 1.82) is 0 Å². The van der Waals surface area contributed by atoms with Gasteiger partial charge in [0.2, 0.25) is 29.5 Å². The minimum atomic E-state index is -1.64. The fourth-order valence-corrected chi connectivity index (χ4v) is 5.18. The molecule has 3 aromatic rings. The van der Waals surface area contributed by atoms with Crippen molar-refractivity contribution in [3.05, 3.63) is 65.9 Å². The lowest BCUT2D eigenvalue weighted by Gasteiger charge is -2.28. The molecule has 2 aromatic carbocycles. The van der Waals surface area contributed by atoms with Crippen LogP contribution in [0.5, 0.6) is 5.75 Å². The molecule has 0 aliphatic rings. The number of phenols is 1. The fraction of sp³-hybridized carbons (Fsp3) is 0.412. The maximum atomic E-state index is 14.0. The summed E-state index contributed by atoms with van der Waals surface area (Å²) in [6, 6.07) is 6.27. The molecular formula is C34H45N7O9. The quantitative estimate of drug-likeness (QED) is 0.0800. The third-order valence-corrected chi connectivity index (χ3v) is 8.38. The van der Waals surface area contributed by atoms with Crippen molar-refractivity contribution in [1.82, 2.24) is 26.3 Å². The van der Waals surface area contributed by atoms with Gasteiger partial charge >= 0.3 is 5.97 Å². The Bertz CT molecular complexity index is 1670. The van der Waals surface area contributed by atoms with E-state index in [1.165, 1.54) is 19.1 Å². The van der Waals surface area contributed by atoms with Crippen LogP contribution in [0.2, 0.25) is 0 Å². The molecule has 0 saturated heterocycles. The van der Waals surface area contributed by atoms with E-state index in [1.807, 2.05) is 18.2 Å². The number of primary amides is 1. The van der Waals surface area contributed by atoms with Crippen molar-refractivity contribution in [2.45, 2.75) is 82.8 Å². The summed E-state index contributed by atoms with van der Waals surface area (Å²) in [5, 5.41) is 40.0. The van der Waals surface area contributed by atoms with Gasteiger partial charge in [-0.3, -0.25) is 24.0 Å². The molecule has 0 aliphatic carbocycles. The number of aromatic amines is 1. The first-order valence-electron chi connectivity index (χ1n) is 16.1. The van der Waals surface area contributed by atoms with E-state index in [0.29, 0.717) is 17.5 Å². The van der Waals surface area contributed by atoms with Gasteiger partial charge in [0.05, 0.1) is 12.5 Å². The highest BCUT2D eigenvalue weighted by molar-refractivity contribution is 5.97. The number of para-hydroxylation sites is 1.